The molecule has 0 aromatic rings. The molecule has 0 spiro atoms. The molecule has 0 aromatic heterocycles. The third-order valence-corrected chi connectivity index (χ3v) is 8.32. The van der Waals surface area contributed by atoms with Crippen LogP contribution in [0.15, 0.2) is 22.8 Å². The number of ketones is 1. The van der Waals surface area contributed by atoms with Crippen molar-refractivity contribution in [3.05, 3.63) is 22.8 Å². The molecule has 5 aliphatic rings. The van der Waals surface area contributed by atoms with Crippen molar-refractivity contribution >= 4 is 5.78 Å². The Morgan fingerprint density at radius 3 is 2.92 bits per heavy atom. The molecule has 3 fully saturated rings. The number of allylic oxidation sites excluding steroid dienone is 4. The van der Waals surface area contributed by atoms with Gasteiger partial charge in [0.05, 0.1) is 18.8 Å². The topological polar surface area (TPSA) is 35.5 Å². The van der Waals surface area contributed by atoms with Crippen LogP contribution >= 0.6 is 0 Å². The summed E-state index contributed by atoms with van der Waals surface area (Å²) in [7, 11) is 1.76. The zero-order chi connectivity index (χ0) is 17.2. The van der Waals surface area contributed by atoms with Crippen LogP contribution in [0.25, 0.3) is 0 Å². The van der Waals surface area contributed by atoms with Crippen LogP contribution in [0.2, 0.25) is 0 Å². The summed E-state index contributed by atoms with van der Waals surface area (Å²) in [6.07, 6.45) is 11.1. The second kappa shape index (κ2) is 5.53. The van der Waals surface area contributed by atoms with Crippen molar-refractivity contribution in [1.82, 2.24) is 0 Å². The molecule has 0 N–H and O–H groups in total. The van der Waals surface area contributed by atoms with Crippen molar-refractivity contribution in [2.24, 2.45) is 23.2 Å². The van der Waals surface area contributed by atoms with Gasteiger partial charge in [0.25, 0.3) is 0 Å². The van der Waals surface area contributed by atoms with Crippen LogP contribution in [-0.2, 0) is 14.3 Å². The first-order chi connectivity index (χ1) is 12.1. The number of rotatable bonds is 4. The Bertz CT molecular complexity index is 675. The Morgan fingerprint density at radius 1 is 1.20 bits per heavy atom. The zero-order valence-electron chi connectivity index (χ0n) is 15.6. The van der Waals surface area contributed by atoms with Gasteiger partial charge in [-0.3, -0.25) is 4.79 Å². The molecule has 0 unspecified atom stereocenters. The summed E-state index contributed by atoms with van der Waals surface area (Å²) in [6, 6.07) is 0. The van der Waals surface area contributed by atoms with E-state index in [1.54, 1.807) is 18.3 Å². The van der Waals surface area contributed by atoms with E-state index in [-0.39, 0.29) is 5.60 Å². The van der Waals surface area contributed by atoms with Crippen molar-refractivity contribution in [3.63, 3.8) is 0 Å². The van der Waals surface area contributed by atoms with E-state index in [0.29, 0.717) is 17.8 Å². The smallest absolute Gasteiger partial charge is 0.156 e. The van der Waals surface area contributed by atoms with Gasteiger partial charge in [0.1, 0.15) is 0 Å². The van der Waals surface area contributed by atoms with E-state index in [4.69, 9.17) is 9.47 Å². The normalized spacial score (nSPS) is 44.6. The molecule has 0 saturated heterocycles. The highest BCUT2D eigenvalue weighted by Gasteiger charge is 2.74. The maximum absolute atomic E-state index is 11.8. The highest BCUT2D eigenvalue weighted by Crippen LogP contribution is 2.75. The van der Waals surface area contributed by atoms with Gasteiger partial charge in [-0.1, -0.05) is 12.5 Å². The second-order valence-corrected chi connectivity index (χ2v) is 9.18. The molecular formula is C22H30O3. The van der Waals surface area contributed by atoms with Gasteiger partial charge < -0.3 is 9.47 Å². The molecule has 0 heterocycles. The van der Waals surface area contributed by atoms with Crippen molar-refractivity contribution in [2.45, 2.75) is 63.9 Å². The SMILES string of the molecule is COCCO[C@@]12C[C@@H]1C[C@H]1[C@@H]3CCC4=CC(=O)CCC4=C3CC[C@@]12C. The van der Waals surface area contributed by atoms with Crippen LogP contribution in [0.5, 0.6) is 0 Å². The summed E-state index contributed by atoms with van der Waals surface area (Å²) in [5.41, 5.74) is 5.16. The number of ether oxygens (including phenoxy) is 2. The third kappa shape index (κ3) is 2.15. The highest BCUT2D eigenvalue weighted by molar-refractivity contribution is 5.93. The average Bonchev–Trinajstić information content (AvgIpc) is 3.25. The first-order valence-electron chi connectivity index (χ1n) is 10.2. The van der Waals surface area contributed by atoms with Crippen molar-refractivity contribution in [1.29, 1.82) is 0 Å². The molecule has 3 heteroatoms. The molecule has 0 radical (unpaired) electrons. The molecule has 5 rings (SSSR count). The lowest BCUT2D eigenvalue weighted by molar-refractivity contribution is -0.114. The molecule has 5 aliphatic carbocycles. The molecule has 5 atom stereocenters. The Balaban J connectivity index is 1.44. The highest BCUT2D eigenvalue weighted by atomic mass is 16.5. The summed E-state index contributed by atoms with van der Waals surface area (Å²) in [4.78, 5) is 11.8. The minimum Gasteiger partial charge on any atom is -0.382 e. The number of carbonyl (C=O) groups excluding carboxylic acids is 1. The molecule has 3 saturated carbocycles. The number of fused-ring (bicyclic) bond motifs is 6. The van der Waals surface area contributed by atoms with E-state index in [1.807, 2.05) is 6.08 Å². The van der Waals surface area contributed by atoms with Crippen LogP contribution < -0.4 is 0 Å². The van der Waals surface area contributed by atoms with Gasteiger partial charge in [0.15, 0.2) is 5.78 Å². The fourth-order valence-corrected chi connectivity index (χ4v) is 7.05. The lowest BCUT2D eigenvalue weighted by Crippen LogP contribution is -2.46. The van der Waals surface area contributed by atoms with Crippen molar-refractivity contribution in [2.75, 3.05) is 20.3 Å². The molecular weight excluding hydrogens is 312 g/mol. The summed E-state index contributed by atoms with van der Waals surface area (Å²) >= 11 is 0. The van der Waals surface area contributed by atoms with Crippen LogP contribution in [-0.4, -0.2) is 31.7 Å². The van der Waals surface area contributed by atoms with Crippen LogP contribution in [0.4, 0.5) is 0 Å². The molecule has 25 heavy (non-hydrogen) atoms. The monoisotopic (exact) mass is 342 g/mol. The minimum atomic E-state index is 0.144. The first kappa shape index (κ1) is 16.3. The first-order valence-corrected chi connectivity index (χ1v) is 10.2. The summed E-state index contributed by atoms with van der Waals surface area (Å²) < 4.78 is 11.7. The summed E-state index contributed by atoms with van der Waals surface area (Å²) in [6.45, 7) is 3.97. The number of methoxy groups -OCH3 is 1. The van der Waals surface area contributed by atoms with E-state index in [1.165, 1.54) is 37.7 Å². The van der Waals surface area contributed by atoms with Gasteiger partial charge in [-0.2, -0.15) is 0 Å². The molecule has 3 nitrogen and oxygen atoms in total. The van der Waals surface area contributed by atoms with E-state index in [0.717, 1.165) is 43.6 Å². The largest absolute Gasteiger partial charge is 0.382 e. The van der Waals surface area contributed by atoms with E-state index in [2.05, 4.69) is 6.92 Å². The van der Waals surface area contributed by atoms with Gasteiger partial charge in [-0.05, 0) is 79.9 Å². The van der Waals surface area contributed by atoms with Gasteiger partial charge in [-0.15, -0.1) is 0 Å². The number of hydrogen-bond acceptors (Lipinski definition) is 3. The van der Waals surface area contributed by atoms with Crippen LogP contribution in [0, 0.1) is 23.2 Å². The van der Waals surface area contributed by atoms with Crippen LogP contribution in [0.1, 0.15) is 58.3 Å². The van der Waals surface area contributed by atoms with Gasteiger partial charge in [0, 0.05) is 18.9 Å². The van der Waals surface area contributed by atoms with Crippen molar-refractivity contribution in [3.8, 4) is 0 Å². The number of hydrogen-bond donors (Lipinski definition) is 0. The standard InChI is InChI=1S/C22H30O3/c1-21-8-7-18-17-6-4-16(23)11-14(17)3-5-19(18)20(21)12-15-13-22(15,21)25-10-9-24-2/h11,15,19-20H,3-10,12-13H2,1-2H3/t15-,19+,20-,21-,22-/m0/s1. The predicted molar refractivity (Wildman–Crippen MR) is 96.2 cm³/mol. The Labute approximate surface area is 150 Å². The zero-order valence-corrected chi connectivity index (χ0v) is 15.6. The fourth-order valence-electron chi connectivity index (χ4n) is 7.05. The summed E-state index contributed by atoms with van der Waals surface area (Å²) in [5.74, 6) is 2.64. The Hall–Kier alpha value is -0.930. The van der Waals surface area contributed by atoms with E-state index >= 15 is 0 Å². The quantitative estimate of drug-likeness (QED) is 0.718. The summed E-state index contributed by atoms with van der Waals surface area (Å²) in [5, 5.41) is 0. The van der Waals surface area contributed by atoms with Gasteiger partial charge in [-0.25, -0.2) is 0 Å². The van der Waals surface area contributed by atoms with E-state index < -0.39 is 0 Å². The van der Waals surface area contributed by atoms with Gasteiger partial charge >= 0.3 is 0 Å². The molecule has 0 amide bonds. The minimum absolute atomic E-state index is 0.144. The lowest BCUT2D eigenvalue weighted by Gasteiger charge is -2.51. The maximum Gasteiger partial charge on any atom is 0.156 e. The molecule has 0 bridgehead atoms. The number of carbonyl (C=O) groups is 1. The maximum atomic E-state index is 11.8. The Morgan fingerprint density at radius 2 is 2.08 bits per heavy atom. The molecule has 0 aromatic carbocycles. The van der Waals surface area contributed by atoms with E-state index in [9.17, 15) is 4.79 Å². The predicted octanol–water partition coefficient (Wildman–Crippen LogP) is 4.22. The lowest BCUT2D eigenvalue weighted by atomic mass is 9.55. The molecule has 136 valence electrons. The second-order valence-electron chi connectivity index (χ2n) is 9.18. The fraction of sp³-hybridized carbons (Fsp3) is 0.773. The van der Waals surface area contributed by atoms with Crippen molar-refractivity contribution < 1.29 is 14.3 Å². The Kier molecular flexibility index (Phi) is 3.60. The average molecular weight is 342 g/mol. The van der Waals surface area contributed by atoms with Gasteiger partial charge in [0.2, 0.25) is 0 Å². The third-order valence-electron chi connectivity index (χ3n) is 8.32. The molecule has 0 aliphatic heterocycles. The van der Waals surface area contributed by atoms with Crippen LogP contribution in [0.3, 0.4) is 0 Å².